The minimum absolute atomic E-state index is 0.0138. The first-order valence-electron chi connectivity index (χ1n) is 4.15. The number of Topliss-reactive ketones (excluding diaryl/α,β-unsaturated/α-hetero) is 1. The van der Waals surface area contributed by atoms with Crippen LogP contribution in [0.25, 0.3) is 0 Å². The van der Waals surface area contributed by atoms with E-state index in [1.165, 1.54) is 6.92 Å². The van der Waals surface area contributed by atoms with E-state index in [1.54, 1.807) is 0 Å². The van der Waals surface area contributed by atoms with Gasteiger partial charge in [-0.05, 0) is 13.8 Å². The van der Waals surface area contributed by atoms with Crippen LogP contribution in [0.3, 0.4) is 0 Å². The van der Waals surface area contributed by atoms with Crippen molar-refractivity contribution in [1.29, 1.82) is 0 Å². The molecule has 0 aliphatic carbocycles. The number of carbonyl (C=O) groups is 2. The molecular formula is C10H10O5. The highest BCUT2D eigenvalue weighted by atomic mass is 16.3. The second kappa shape index (κ2) is 3.61. The zero-order chi connectivity index (χ0) is 11.7. The van der Waals surface area contributed by atoms with Gasteiger partial charge in [0.15, 0.2) is 12.1 Å². The Hall–Kier alpha value is -2.04. The maximum Gasteiger partial charge on any atom is 0.167 e. The predicted molar refractivity (Wildman–Crippen MR) is 51.6 cm³/mol. The summed E-state index contributed by atoms with van der Waals surface area (Å²) in [6.45, 7) is 2.48. The van der Waals surface area contributed by atoms with E-state index in [1.807, 2.05) is 0 Å². The van der Waals surface area contributed by atoms with Gasteiger partial charge in [0.05, 0.1) is 5.56 Å². The molecule has 0 spiro atoms. The Bertz CT molecular complexity index is 448. The molecule has 0 amide bonds. The van der Waals surface area contributed by atoms with Crippen LogP contribution in [0.1, 0.15) is 33.2 Å². The lowest BCUT2D eigenvalue weighted by atomic mass is 9.99. The van der Waals surface area contributed by atoms with Gasteiger partial charge < -0.3 is 15.3 Å². The van der Waals surface area contributed by atoms with Crippen LogP contribution in [0.15, 0.2) is 0 Å². The zero-order valence-electron chi connectivity index (χ0n) is 8.24. The van der Waals surface area contributed by atoms with Gasteiger partial charge in [0, 0.05) is 5.56 Å². The van der Waals surface area contributed by atoms with Crippen molar-refractivity contribution in [1.82, 2.24) is 0 Å². The van der Waals surface area contributed by atoms with E-state index in [0.29, 0.717) is 0 Å². The van der Waals surface area contributed by atoms with Crippen LogP contribution in [-0.2, 0) is 0 Å². The van der Waals surface area contributed by atoms with E-state index < -0.39 is 28.6 Å². The molecule has 5 nitrogen and oxygen atoms in total. The fraction of sp³-hybridized carbons (Fsp3) is 0.200. The summed E-state index contributed by atoms with van der Waals surface area (Å²) in [5.41, 5.74) is -0.761. The average molecular weight is 210 g/mol. The zero-order valence-corrected chi connectivity index (χ0v) is 8.24. The Balaban J connectivity index is 3.75. The third-order valence-electron chi connectivity index (χ3n) is 2.16. The molecule has 0 atom stereocenters. The summed E-state index contributed by atoms with van der Waals surface area (Å²) in [7, 11) is 0. The minimum atomic E-state index is -0.696. The quantitative estimate of drug-likeness (QED) is 0.502. The van der Waals surface area contributed by atoms with Gasteiger partial charge in [-0.15, -0.1) is 0 Å². The highest BCUT2D eigenvalue weighted by Gasteiger charge is 2.23. The summed E-state index contributed by atoms with van der Waals surface area (Å²) in [5, 5.41) is 28.4. The van der Waals surface area contributed by atoms with Gasteiger partial charge >= 0.3 is 0 Å². The van der Waals surface area contributed by atoms with Crippen LogP contribution in [0.5, 0.6) is 17.2 Å². The number of carbonyl (C=O) groups excluding carboxylic acids is 2. The topological polar surface area (TPSA) is 94.8 Å². The minimum Gasteiger partial charge on any atom is -0.507 e. The summed E-state index contributed by atoms with van der Waals surface area (Å²) in [6, 6.07) is 0. The van der Waals surface area contributed by atoms with Gasteiger partial charge in [-0.1, -0.05) is 0 Å². The highest BCUT2D eigenvalue weighted by Crippen LogP contribution is 2.40. The van der Waals surface area contributed by atoms with Gasteiger partial charge in [-0.3, -0.25) is 9.59 Å². The molecule has 0 fully saturated rings. The Kier molecular flexibility index (Phi) is 2.65. The molecule has 0 unspecified atom stereocenters. The highest BCUT2D eigenvalue weighted by molar-refractivity contribution is 6.03. The fourth-order valence-corrected chi connectivity index (χ4v) is 1.31. The lowest BCUT2D eigenvalue weighted by molar-refractivity contribution is 0.101. The normalized spacial score (nSPS) is 10.0. The van der Waals surface area contributed by atoms with Crippen molar-refractivity contribution in [2.24, 2.45) is 0 Å². The van der Waals surface area contributed by atoms with Crippen molar-refractivity contribution in [2.75, 3.05) is 0 Å². The molecule has 1 aromatic rings. The second-order valence-corrected chi connectivity index (χ2v) is 3.13. The Morgan fingerprint density at radius 3 is 2.07 bits per heavy atom. The number of rotatable bonds is 2. The number of phenolic OH excluding ortho intramolecular Hbond substituents is 3. The Morgan fingerprint density at radius 1 is 1.13 bits per heavy atom. The van der Waals surface area contributed by atoms with E-state index in [2.05, 4.69) is 0 Å². The van der Waals surface area contributed by atoms with Crippen molar-refractivity contribution in [2.45, 2.75) is 13.8 Å². The number of hydrogen-bond acceptors (Lipinski definition) is 5. The monoisotopic (exact) mass is 210 g/mol. The molecule has 1 aromatic carbocycles. The van der Waals surface area contributed by atoms with Crippen LogP contribution in [-0.4, -0.2) is 27.4 Å². The first-order valence-corrected chi connectivity index (χ1v) is 4.15. The molecule has 0 heterocycles. The summed E-state index contributed by atoms with van der Waals surface area (Å²) >= 11 is 0. The standard InChI is InChI=1S/C10H10O5/c1-4-8(13)6(3-11)10(15)7(5(2)12)9(4)14/h3,13-15H,1-2H3. The average Bonchev–Trinajstić information content (AvgIpc) is 2.15. The third kappa shape index (κ3) is 1.52. The van der Waals surface area contributed by atoms with Gasteiger partial charge in [-0.25, -0.2) is 0 Å². The first kappa shape index (κ1) is 11.0. The second-order valence-electron chi connectivity index (χ2n) is 3.13. The van der Waals surface area contributed by atoms with E-state index >= 15 is 0 Å². The van der Waals surface area contributed by atoms with Gasteiger partial charge in [0.25, 0.3) is 0 Å². The molecule has 1 rings (SSSR count). The van der Waals surface area contributed by atoms with E-state index in [-0.39, 0.29) is 17.4 Å². The lowest BCUT2D eigenvalue weighted by Gasteiger charge is -2.11. The molecule has 0 aromatic heterocycles. The molecule has 0 aliphatic rings. The predicted octanol–water partition coefficient (Wildman–Crippen LogP) is 1.13. The summed E-state index contributed by atoms with van der Waals surface area (Å²) in [5.74, 6) is -2.32. The molecule has 0 saturated heterocycles. The molecule has 0 radical (unpaired) electrons. The van der Waals surface area contributed by atoms with Crippen molar-refractivity contribution in [3.05, 3.63) is 16.7 Å². The summed E-state index contributed by atoms with van der Waals surface area (Å²) in [6.07, 6.45) is 0.226. The molecule has 80 valence electrons. The maximum absolute atomic E-state index is 11.1. The number of hydrogen-bond donors (Lipinski definition) is 3. The molecule has 0 aliphatic heterocycles. The van der Waals surface area contributed by atoms with Crippen molar-refractivity contribution >= 4 is 12.1 Å². The van der Waals surface area contributed by atoms with Crippen LogP contribution in [0, 0.1) is 6.92 Å². The largest absolute Gasteiger partial charge is 0.507 e. The van der Waals surface area contributed by atoms with Crippen molar-refractivity contribution in [3.8, 4) is 17.2 Å². The van der Waals surface area contributed by atoms with Crippen molar-refractivity contribution in [3.63, 3.8) is 0 Å². The van der Waals surface area contributed by atoms with Crippen LogP contribution < -0.4 is 0 Å². The molecule has 0 bridgehead atoms. The number of phenols is 3. The Morgan fingerprint density at radius 2 is 1.67 bits per heavy atom. The van der Waals surface area contributed by atoms with E-state index in [0.717, 1.165) is 6.92 Å². The van der Waals surface area contributed by atoms with E-state index in [9.17, 15) is 24.9 Å². The summed E-state index contributed by atoms with van der Waals surface area (Å²) < 4.78 is 0. The fourth-order valence-electron chi connectivity index (χ4n) is 1.31. The van der Waals surface area contributed by atoms with Gasteiger partial charge in [0.2, 0.25) is 0 Å². The van der Waals surface area contributed by atoms with Gasteiger partial charge in [-0.2, -0.15) is 0 Å². The Labute approximate surface area is 85.6 Å². The SMILES string of the molecule is CC(=O)c1c(O)c(C)c(O)c(C=O)c1O. The first-order chi connectivity index (χ1) is 6.91. The van der Waals surface area contributed by atoms with Crippen LogP contribution in [0.4, 0.5) is 0 Å². The number of aromatic hydroxyl groups is 3. The smallest absolute Gasteiger partial charge is 0.167 e. The number of ketones is 1. The van der Waals surface area contributed by atoms with Gasteiger partial charge in [0.1, 0.15) is 22.8 Å². The lowest BCUT2D eigenvalue weighted by Crippen LogP contribution is -1.99. The van der Waals surface area contributed by atoms with E-state index in [4.69, 9.17) is 0 Å². The van der Waals surface area contributed by atoms with Crippen LogP contribution in [0.2, 0.25) is 0 Å². The molecular weight excluding hydrogens is 200 g/mol. The van der Waals surface area contributed by atoms with Crippen molar-refractivity contribution < 1.29 is 24.9 Å². The van der Waals surface area contributed by atoms with Crippen LogP contribution >= 0.6 is 0 Å². The summed E-state index contributed by atoms with van der Waals surface area (Å²) in [4.78, 5) is 21.7. The number of benzene rings is 1. The molecule has 5 heteroatoms. The molecule has 0 saturated carbocycles. The third-order valence-corrected chi connectivity index (χ3v) is 2.16. The maximum atomic E-state index is 11.1. The molecule has 3 N–H and O–H groups in total. The molecule has 15 heavy (non-hydrogen) atoms. The number of aldehydes is 1.